The predicted octanol–water partition coefficient (Wildman–Crippen LogP) is 4.76. The summed E-state index contributed by atoms with van der Waals surface area (Å²) in [4.78, 5) is 31.4. The lowest BCUT2D eigenvalue weighted by Crippen LogP contribution is -2.40. The second-order valence-corrected chi connectivity index (χ2v) is 9.17. The molecule has 4 rings (SSSR count). The Morgan fingerprint density at radius 3 is 2.59 bits per heavy atom. The Labute approximate surface area is 202 Å². The molecule has 9 heteroatoms. The van der Waals surface area contributed by atoms with Crippen LogP contribution in [-0.2, 0) is 9.53 Å². The molecule has 0 bridgehead atoms. The van der Waals surface area contributed by atoms with E-state index >= 15 is 0 Å². The van der Waals surface area contributed by atoms with E-state index in [2.05, 4.69) is 4.99 Å². The summed E-state index contributed by atoms with van der Waals surface area (Å²) in [6, 6.07) is 11.5. The molecule has 2 aromatic carbocycles. The molecule has 1 aliphatic rings. The number of fused-ring (bicyclic) bond motifs is 1. The Bertz CT molecular complexity index is 1440. The lowest BCUT2D eigenvalue weighted by atomic mass is 9.96. The molecule has 0 N–H and O–H groups in total. The molecule has 3 aromatic rings. The highest BCUT2D eigenvalue weighted by Crippen LogP contribution is 2.34. The molecule has 0 saturated carbocycles. The van der Waals surface area contributed by atoms with Crippen LogP contribution in [0.4, 0.5) is 0 Å². The van der Waals surface area contributed by atoms with Crippen LogP contribution in [0.1, 0.15) is 31.0 Å². The molecular weight excluding hydrogens is 491 g/mol. The molecule has 32 heavy (non-hydrogen) atoms. The van der Waals surface area contributed by atoms with E-state index < -0.39 is 12.0 Å². The van der Waals surface area contributed by atoms with Crippen molar-refractivity contribution in [3.63, 3.8) is 0 Å². The van der Waals surface area contributed by atoms with Crippen LogP contribution in [0.15, 0.2) is 63.5 Å². The highest BCUT2D eigenvalue weighted by Gasteiger charge is 2.34. The number of aromatic nitrogens is 1. The fraction of sp³-hybridized carbons (Fsp3) is 0.174. The second-order valence-electron chi connectivity index (χ2n) is 6.97. The molecular formula is C23H17Cl3N2O3S. The highest BCUT2D eigenvalue weighted by molar-refractivity contribution is 7.07. The van der Waals surface area contributed by atoms with Gasteiger partial charge in [0.2, 0.25) is 0 Å². The van der Waals surface area contributed by atoms with Gasteiger partial charge in [0.1, 0.15) is 6.04 Å². The van der Waals surface area contributed by atoms with Crippen LogP contribution in [0.5, 0.6) is 0 Å². The SMILES string of the molecule is CCOC(=O)C1=C(C)N=c2sc(=Cc3cccc(Cl)c3Cl)c(=O)n2[C@@H]1c1ccccc1Cl. The highest BCUT2D eigenvalue weighted by atomic mass is 35.5. The molecule has 0 aliphatic carbocycles. The summed E-state index contributed by atoms with van der Waals surface area (Å²) in [7, 11) is 0. The Hall–Kier alpha value is -2.38. The average Bonchev–Trinajstić information content (AvgIpc) is 3.06. The monoisotopic (exact) mass is 506 g/mol. The molecule has 0 radical (unpaired) electrons. The first-order chi connectivity index (χ1) is 15.3. The fourth-order valence-corrected chi connectivity index (χ4v) is 5.19. The third-order valence-corrected chi connectivity index (χ3v) is 7.15. The zero-order valence-corrected chi connectivity index (χ0v) is 20.1. The van der Waals surface area contributed by atoms with E-state index in [4.69, 9.17) is 39.5 Å². The average molecular weight is 508 g/mol. The Morgan fingerprint density at radius 2 is 1.88 bits per heavy atom. The van der Waals surface area contributed by atoms with Crippen molar-refractivity contribution < 1.29 is 9.53 Å². The van der Waals surface area contributed by atoms with Crippen molar-refractivity contribution in [3.05, 3.63) is 99.6 Å². The van der Waals surface area contributed by atoms with Gasteiger partial charge in [-0.15, -0.1) is 0 Å². The van der Waals surface area contributed by atoms with Crippen molar-refractivity contribution >= 4 is 58.2 Å². The van der Waals surface area contributed by atoms with Crippen LogP contribution in [-0.4, -0.2) is 17.1 Å². The molecule has 1 atom stereocenters. The molecule has 1 aromatic heterocycles. The van der Waals surface area contributed by atoms with Gasteiger partial charge in [0.15, 0.2) is 4.80 Å². The number of esters is 1. The quantitative estimate of drug-likeness (QED) is 0.479. The van der Waals surface area contributed by atoms with Crippen LogP contribution in [0.2, 0.25) is 15.1 Å². The van der Waals surface area contributed by atoms with E-state index in [-0.39, 0.29) is 17.7 Å². The first-order valence-electron chi connectivity index (χ1n) is 9.71. The van der Waals surface area contributed by atoms with Gasteiger partial charge in [0.05, 0.1) is 32.5 Å². The molecule has 0 saturated heterocycles. The zero-order valence-electron chi connectivity index (χ0n) is 17.1. The minimum absolute atomic E-state index is 0.197. The fourth-order valence-electron chi connectivity index (χ4n) is 3.56. The predicted molar refractivity (Wildman–Crippen MR) is 128 cm³/mol. The standard InChI is InChI=1S/C23H17Cl3N2O3S/c1-3-31-22(30)18-12(2)27-23-28(20(18)14-8-4-5-9-15(14)24)21(29)17(32-23)11-13-7-6-10-16(25)19(13)26/h4-11,20H,3H2,1-2H3/t20-/m1/s1. The van der Waals surface area contributed by atoms with Crippen molar-refractivity contribution in [3.8, 4) is 0 Å². The maximum absolute atomic E-state index is 13.5. The minimum atomic E-state index is -0.768. The smallest absolute Gasteiger partial charge is 0.338 e. The summed E-state index contributed by atoms with van der Waals surface area (Å²) in [5.41, 5.74) is 1.66. The number of hydrogen-bond acceptors (Lipinski definition) is 5. The number of benzene rings is 2. The summed E-state index contributed by atoms with van der Waals surface area (Å²) < 4.78 is 7.16. The van der Waals surface area contributed by atoms with E-state index in [0.717, 1.165) is 0 Å². The van der Waals surface area contributed by atoms with Crippen LogP contribution in [0.25, 0.3) is 6.08 Å². The van der Waals surface area contributed by atoms with Gasteiger partial charge in [-0.3, -0.25) is 9.36 Å². The molecule has 0 spiro atoms. The van der Waals surface area contributed by atoms with Gasteiger partial charge < -0.3 is 4.74 Å². The number of halogens is 3. The largest absolute Gasteiger partial charge is 0.463 e. The molecule has 0 fully saturated rings. The number of nitrogens with zero attached hydrogens (tertiary/aromatic N) is 2. The van der Waals surface area contributed by atoms with Crippen molar-refractivity contribution in [2.45, 2.75) is 19.9 Å². The normalized spacial score (nSPS) is 16.0. The third kappa shape index (κ3) is 4.04. The van der Waals surface area contributed by atoms with E-state index in [0.29, 0.717) is 41.2 Å². The van der Waals surface area contributed by atoms with Crippen LogP contribution in [0.3, 0.4) is 0 Å². The van der Waals surface area contributed by atoms with Crippen molar-refractivity contribution in [2.75, 3.05) is 6.61 Å². The summed E-state index contributed by atoms with van der Waals surface area (Å²) in [5.74, 6) is -0.536. The number of thiazole rings is 1. The number of carbonyl (C=O) groups is 1. The Balaban J connectivity index is 2.00. The van der Waals surface area contributed by atoms with Crippen LogP contribution in [0, 0.1) is 0 Å². The summed E-state index contributed by atoms with van der Waals surface area (Å²) in [6.07, 6.45) is 1.67. The first-order valence-corrected chi connectivity index (χ1v) is 11.7. The topological polar surface area (TPSA) is 60.7 Å². The first kappa shape index (κ1) is 22.8. The van der Waals surface area contributed by atoms with E-state index in [1.807, 2.05) is 0 Å². The number of allylic oxidation sites excluding steroid dienone is 1. The van der Waals surface area contributed by atoms with Crippen LogP contribution >= 0.6 is 46.1 Å². The maximum atomic E-state index is 13.5. The zero-order chi connectivity index (χ0) is 23.0. The van der Waals surface area contributed by atoms with Gasteiger partial charge in [0.25, 0.3) is 5.56 Å². The summed E-state index contributed by atoms with van der Waals surface area (Å²) in [5, 5.41) is 1.18. The second kappa shape index (κ2) is 9.24. The lowest BCUT2D eigenvalue weighted by Gasteiger charge is -2.25. The van der Waals surface area contributed by atoms with Crippen molar-refractivity contribution in [2.24, 2.45) is 4.99 Å². The van der Waals surface area contributed by atoms with E-state index in [9.17, 15) is 9.59 Å². The maximum Gasteiger partial charge on any atom is 0.338 e. The van der Waals surface area contributed by atoms with Gasteiger partial charge in [-0.25, -0.2) is 9.79 Å². The number of hydrogen-bond donors (Lipinski definition) is 0. The number of rotatable bonds is 4. The van der Waals surface area contributed by atoms with E-state index in [1.165, 1.54) is 15.9 Å². The number of carbonyl (C=O) groups excluding carboxylic acids is 1. The van der Waals surface area contributed by atoms with Gasteiger partial charge in [-0.05, 0) is 43.2 Å². The summed E-state index contributed by atoms with van der Waals surface area (Å²) >= 11 is 20.1. The minimum Gasteiger partial charge on any atom is -0.463 e. The molecule has 0 amide bonds. The van der Waals surface area contributed by atoms with Crippen molar-refractivity contribution in [1.29, 1.82) is 0 Å². The van der Waals surface area contributed by atoms with Crippen molar-refractivity contribution in [1.82, 2.24) is 4.57 Å². The summed E-state index contributed by atoms with van der Waals surface area (Å²) in [6.45, 7) is 3.64. The molecule has 0 unspecified atom stereocenters. The molecule has 164 valence electrons. The van der Waals surface area contributed by atoms with Gasteiger partial charge >= 0.3 is 5.97 Å². The van der Waals surface area contributed by atoms with Crippen LogP contribution < -0.4 is 14.9 Å². The molecule has 1 aliphatic heterocycles. The Morgan fingerprint density at radius 1 is 1.16 bits per heavy atom. The Kier molecular flexibility index (Phi) is 6.58. The lowest BCUT2D eigenvalue weighted by molar-refractivity contribution is -0.139. The molecule has 2 heterocycles. The van der Waals surface area contributed by atoms with Gasteiger partial charge in [0, 0.05) is 5.02 Å². The van der Waals surface area contributed by atoms with Gasteiger partial charge in [-0.2, -0.15) is 0 Å². The van der Waals surface area contributed by atoms with Gasteiger partial charge in [-0.1, -0.05) is 76.5 Å². The molecule has 5 nitrogen and oxygen atoms in total. The van der Waals surface area contributed by atoms with E-state index in [1.54, 1.807) is 62.4 Å². The number of ether oxygens (including phenoxy) is 1. The third-order valence-electron chi connectivity index (χ3n) is 4.98.